The molecule has 0 aromatic carbocycles. The Kier molecular flexibility index (Phi) is 4.04. The lowest BCUT2D eigenvalue weighted by atomic mass is 10.0. The number of likely N-dealkylation sites (tertiary alicyclic amines) is 1. The summed E-state index contributed by atoms with van der Waals surface area (Å²) in [6.07, 6.45) is 4.52. The fourth-order valence-electron chi connectivity index (χ4n) is 2.57. The van der Waals surface area contributed by atoms with Crippen LogP contribution in [0.25, 0.3) is 0 Å². The highest BCUT2D eigenvalue weighted by Gasteiger charge is 2.28. The van der Waals surface area contributed by atoms with Crippen LogP contribution in [0.4, 0.5) is 0 Å². The minimum atomic E-state index is -0.103. The van der Waals surface area contributed by atoms with E-state index in [2.05, 4.69) is 0 Å². The van der Waals surface area contributed by atoms with E-state index in [9.17, 15) is 14.7 Å². The first-order valence-corrected chi connectivity index (χ1v) is 6.63. The number of aromatic nitrogens is 1. The molecule has 0 radical (unpaired) electrons. The third-order valence-corrected chi connectivity index (χ3v) is 3.73. The monoisotopic (exact) mass is 264 g/mol. The molecule has 1 aromatic heterocycles. The summed E-state index contributed by atoms with van der Waals surface area (Å²) in [5.41, 5.74) is 1.05. The molecule has 1 N–H and O–H groups in total. The number of aliphatic hydroxyl groups excluding tert-OH is 1. The number of rotatable bonds is 3. The van der Waals surface area contributed by atoms with Crippen molar-refractivity contribution >= 4 is 11.7 Å². The summed E-state index contributed by atoms with van der Waals surface area (Å²) in [7, 11) is 1.76. The molecule has 1 fully saturated rings. The molecule has 0 bridgehead atoms. The molecule has 5 heteroatoms. The molecular formula is C14H20N2O3. The number of hydrogen-bond acceptors (Lipinski definition) is 3. The van der Waals surface area contributed by atoms with Gasteiger partial charge in [-0.3, -0.25) is 9.59 Å². The first kappa shape index (κ1) is 13.8. The largest absolute Gasteiger partial charge is 0.394 e. The van der Waals surface area contributed by atoms with E-state index in [0.29, 0.717) is 17.8 Å². The molecule has 1 aromatic rings. The number of aryl methyl sites for hydroxylation is 1. The van der Waals surface area contributed by atoms with Gasteiger partial charge in [0.15, 0.2) is 5.78 Å². The number of ketones is 1. The maximum atomic E-state index is 12.5. The smallest absolute Gasteiger partial charge is 0.270 e. The average Bonchev–Trinajstić information content (AvgIpc) is 2.80. The van der Waals surface area contributed by atoms with Crippen LogP contribution < -0.4 is 0 Å². The zero-order chi connectivity index (χ0) is 14.0. The van der Waals surface area contributed by atoms with Gasteiger partial charge in [-0.1, -0.05) is 0 Å². The summed E-state index contributed by atoms with van der Waals surface area (Å²) < 4.78 is 1.68. The number of aliphatic hydroxyl groups is 1. The molecule has 19 heavy (non-hydrogen) atoms. The Morgan fingerprint density at radius 3 is 2.74 bits per heavy atom. The molecule has 1 amide bonds. The zero-order valence-electron chi connectivity index (χ0n) is 11.4. The number of hydrogen-bond donors (Lipinski definition) is 1. The third kappa shape index (κ3) is 2.71. The van der Waals surface area contributed by atoms with Gasteiger partial charge in [-0.15, -0.1) is 0 Å². The molecule has 2 rings (SSSR count). The molecule has 2 heterocycles. The second-order valence-electron chi connectivity index (χ2n) is 5.11. The standard InChI is InChI=1S/C14H20N2O3/c1-10(18)11-7-13(15(2)8-11)14(19)16-6-4-3-5-12(16)9-17/h7-8,12,17H,3-6,9H2,1-2H3. The molecule has 1 aliphatic rings. The summed E-state index contributed by atoms with van der Waals surface area (Å²) in [6, 6.07) is 1.53. The highest BCUT2D eigenvalue weighted by Crippen LogP contribution is 2.20. The van der Waals surface area contributed by atoms with Crippen molar-refractivity contribution in [2.45, 2.75) is 32.2 Å². The van der Waals surface area contributed by atoms with E-state index in [4.69, 9.17) is 0 Å². The van der Waals surface area contributed by atoms with Gasteiger partial charge in [0.25, 0.3) is 5.91 Å². The lowest BCUT2D eigenvalue weighted by Crippen LogP contribution is -2.46. The predicted octanol–water partition coefficient (Wildman–Crippen LogP) is 1.21. The molecule has 5 nitrogen and oxygen atoms in total. The molecule has 104 valence electrons. The van der Waals surface area contributed by atoms with Crippen LogP contribution >= 0.6 is 0 Å². The maximum absolute atomic E-state index is 12.5. The number of nitrogens with zero attached hydrogens (tertiary/aromatic N) is 2. The van der Waals surface area contributed by atoms with Crippen LogP contribution in [0.5, 0.6) is 0 Å². The first-order chi connectivity index (χ1) is 9.04. The molecule has 0 spiro atoms. The van der Waals surface area contributed by atoms with Gasteiger partial charge in [0.1, 0.15) is 5.69 Å². The third-order valence-electron chi connectivity index (χ3n) is 3.73. The minimum Gasteiger partial charge on any atom is -0.394 e. The predicted molar refractivity (Wildman–Crippen MR) is 71.2 cm³/mol. The van der Waals surface area contributed by atoms with Crippen molar-refractivity contribution in [1.29, 1.82) is 0 Å². The summed E-state index contributed by atoms with van der Waals surface area (Å²) in [6.45, 7) is 2.15. The fraction of sp³-hybridized carbons (Fsp3) is 0.571. The SMILES string of the molecule is CC(=O)c1cc(C(=O)N2CCCCC2CO)n(C)c1. The highest BCUT2D eigenvalue weighted by molar-refractivity contribution is 5.99. The Balaban J connectivity index is 2.25. The molecular weight excluding hydrogens is 244 g/mol. The van der Waals surface area contributed by atoms with Crippen LogP contribution in [-0.2, 0) is 7.05 Å². The average molecular weight is 264 g/mol. The molecule has 1 atom stereocenters. The van der Waals surface area contributed by atoms with Gasteiger partial charge in [0.2, 0.25) is 0 Å². The van der Waals surface area contributed by atoms with E-state index in [-0.39, 0.29) is 24.3 Å². The summed E-state index contributed by atoms with van der Waals surface area (Å²) in [4.78, 5) is 25.6. The highest BCUT2D eigenvalue weighted by atomic mass is 16.3. The molecule has 0 aliphatic carbocycles. The summed E-state index contributed by atoms with van der Waals surface area (Å²) >= 11 is 0. The van der Waals surface area contributed by atoms with E-state index in [1.54, 1.807) is 28.8 Å². The number of carbonyl (C=O) groups excluding carboxylic acids is 2. The van der Waals surface area contributed by atoms with Gasteiger partial charge in [-0.05, 0) is 32.3 Å². The Hall–Kier alpha value is -1.62. The van der Waals surface area contributed by atoms with E-state index in [1.807, 2.05) is 0 Å². The minimum absolute atomic E-state index is 0.00424. The number of carbonyl (C=O) groups is 2. The topological polar surface area (TPSA) is 62.5 Å². The van der Waals surface area contributed by atoms with Gasteiger partial charge < -0.3 is 14.6 Å². The lowest BCUT2D eigenvalue weighted by Gasteiger charge is -2.34. The van der Waals surface area contributed by atoms with E-state index in [1.165, 1.54) is 6.92 Å². The second-order valence-corrected chi connectivity index (χ2v) is 5.11. The maximum Gasteiger partial charge on any atom is 0.270 e. The van der Waals surface area contributed by atoms with Crippen LogP contribution in [0.15, 0.2) is 12.3 Å². The Morgan fingerprint density at radius 1 is 1.42 bits per heavy atom. The van der Waals surface area contributed by atoms with Crippen molar-refractivity contribution < 1.29 is 14.7 Å². The van der Waals surface area contributed by atoms with Crippen molar-refractivity contribution in [3.05, 3.63) is 23.5 Å². The summed E-state index contributed by atoms with van der Waals surface area (Å²) in [5.74, 6) is -0.152. The van der Waals surface area contributed by atoms with Crippen LogP contribution in [0.2, 0.25) is 0 Å². The molecule has 1 aliphatic heterocycles. The van der Waals surface area contributed by atoms with Gasteiger partial charge in [-0.2, -0.15) is 0 Å². The van der Waals surface area contributed by atoms with Crippen LogP contribution in [-0.4, -0.2) is 45.5 Å². The van der Waals surface area contributed by atoms with Crippen molar-refractivity contribution in [3.63, 3.8) is 0 Å². The number of piperidine rings is 1. The van der Waals surface area contributed by atoms with Gasteiger partial charge in [0, 0.05) is 25.4 Å². The van der Waals surface area contributed by atoms with Crippen molar-refractivity contribution in [3.8, 4) is 0 Å². The van der Waals surface area contributed by atoms with Gasteiger partial charge in [-0.25, -0.2) is 0 Å². The van der Waals surface area contributed by atoms with E-state index in [0.717, 1.165) is 19.3 Å². The summed E-state index contributed by atoms with van der Waals surface area (Å²) in [5, 5.41) is 9.37. The van der Waals surface area contributed by atoms with Gasteiger partial charge >= 0.3 is 0 Å². The molecule has 0 saturated carbocycles. The van der Waals surface area contributed by atoms with Crippen LogP contribution in [0.1, 0.15) is 47.0 Å². The second kappa shape index (κ2) is 5.57. The Morgan fingerprint density at radius 2 is 2.16 bits per heavy atom. The number of Topliss-reactive ketones (excluding diaryl/α,β-unsaturated/α-hetero) is 1. The van der Waals surface area contributed by atoms with Gasteiger partial charge in [0.05, 0.1) is 12.6 Å². The Bertz CT molecular complexity index is 493. The fourth-order valence-corrected chi connectivity index (χ4v) is 2.57. The van der Waals surface area contributed by atoms with Crippen molar-refractivity contribution in [2.24, 2.45) is 7.05 Å². The lowest BCUT2D eigenvalue weighted by molar-refractivity contribution is 0.0494. The van der Waals surface area contributed by atoms with E-state index >= 15 is 0 Å². The quantitative estimate of drug-likeness (QED) is 0.835. The first-order valence-electron chi connectivity index (χ1n) is 6.63. The normalized spacial score (nSPS) is 19.5. The number of amides is 1. The van der Waals surface area contributed by atoms with Crippen molar-refractivity contribution in [1.82, 2.24) is 9.47 Å². The Labute approximate surface area is 112 Å². The molecule has 1 unspecified atom stereocenters. The van der Waals surface area contributed by atoms with Crippen molar-refractivity contribution in [2.75, 3.05) is 13.2 Å². The van der Waals surface area contributed by atoms with E-state index < -0.39 is 0 Å². The molecule has 1 saturated heterocycles. The zero-order valence-corrected chi connectivity index (χ0v) is 11.4. The van der Waals surface area contributed by atoms with Crippen LogP contribution in [0.3, 0.4) is 0 Å². The van der Waals surface area contributed by atoms with Crippen LogP contribution in [0, 0.1) is 0 Å².